The van der Waals surface area contributed by atoms with Crippen molar-refractivity contribution in [3.05, 3.63) is 0 Å². The van der Waals surface area contributed by atoms with E-state index in [1.165, 1.54) is 0 Å². The maximum atomic E-state index is 5.21. The first-order chi connectivity index (χ1) is 4.97. The van der Waals surface area contributed by atoms with Crippen LogP contribution in [0, 0.1) is 0 Å². The van der Waals surface area contributed by atoms with Crippen molar-refractivity contribution in [1.29, 1.82) is 0 Å². The third-order valence-electron chi connectivity index (χ3n) is 1.63. The van der Waals surface area contributed by atoms with Crippen LogP contribution in [0.5, 0.6) is 0 Å². The monoisotopic (exact) mass is 146 g/mol. The summed E-state index contributed by atoms with van der Waals surface area (Å²) in [6, 6.07) is 0. The average molecular weight is 146 g/mol. The first-order valence-electron chi connectivity index (χ1n) is 3.48. The zero-order valence-electron chi connectivity index (χ0n) is 5.62. The van der Waals surface area contributed by atoms with Crippen LogP contribution < -0.4 is 0 Å². The van der Waals surface area contributed by atoms with E-state index in [4.69, 9.17) is 19.2 Å². The second-order valence-electron chi connectivity index (χ2n) is 2.36. The van der Waals surface area contributed by atoms with E-state index in [-0.39, 0.29) is 12.4 Å². The van der Waals surface area contributed by atoms with E-state index in [2.05, 4.69) is 0 Å². The Bertz CT molecular complexity index is 90.3. The molecular weight excluding hydrogens is 136 g/mol. The van der Waals surface area contributed by atoms with E-state index in [1.54, 1.807) is 0 Å². The van der Waals surface area contributed by atoms with Gasteiger partial charge in [-0.05, 0) is 0 Å². The van der Waals surface area contributed by atoms with Gasteiger partial charge < -0.3 is 9.47 Å². The van der Waals surface area contributed by atoms with Gasteiger partial charge in [0.15, 0.2) is 6.29 Å². The summed E-state index contributed by atoms with van der Waals surface area (Å²) in [7, 11) is 0. The largest absolute Gasteiger partial charge is 0.347 e. The van der Waals surface area contributed by atoms with Crippen molar-refractivity contribution in [3.8, 4) is 0 Å². The van der Waals surface area contributed by atoms with Crippen LogP contribution in [0.15, 0.2) is 0 Å². The molecule has 0 aromatic heterocycles. The Morgan fingerprint density at radius 1 is 1.00 bits per heavy atom. The number of hydrogen-bond acceptors (Lipinski definition) is 4. The molecule has 0 aliphatic carbocycles. The van der Waals surface area contributed by atoms with E-state index in [0.717, 1.165) is 6.42 Å². The molecule has 2 saturated heterocycles. The van der Waals surface area contributed by atoms with Crippen molar-refractivity contribution in [1.82, 2.24) is 0 Å². The van der Waals surface area contributed by atoms with Gasteiger partial charge in [-0.25, -0.2) is 9.78 Å². The lowest BCUT2D eigenvalue weighted by Crippen LogP contribution is -2.25. The summed E-state index contributed by atoms with van der Waals surface area (Å²) in [5.74, 6) is 0. The van der Waals surface area contributed by atoms with Crippen LogP contribution in [0.25, 0.3) is 0 Å². The summed E-state index contributed by atoms with van der Waals surface area (Å²) < 4.78 is 10.4. The molecule has 1 atom stereocenters. The highest BCUT2D eigenvalue weighted by Gasteiger charge is 2.31. The van der Waals surface area contributed by atoms with E-state index in [1.807, 2.05) is 0 Å². The lowest BCUT2D eigenvalue weighted by Gasteiger charge is -2.12. The zero-order chi connectivity index (χ0) is 6.81. The molecule has 0 amide bonds. The maximum absolute atomic E-state index is 5.21. The highest BCUT2D eigenvalue weighted by Crippen LogP contribution is 2.19. The zero-order valence-corrected chi connectivity index (χ0v) is 5.62. The van der Waals surface area contributed by atoms with E-state index in [0.29, 0.717) is 19.8 Å². The highest BCUT2D eigenvalue weighted by atomic mass is 17.2. The summed E-state index contributed by atoms with van der Waals surface area (Å²) in [6.45, 7) is 1.99. The van der Waals surface area contributed by atoms with Crippen molar-refractivity contribution < 1.29 is 19.2 Å². The molecule has 0 aromatic rings. The minimum Gasteiger partial charge on any atom is -0.347 e. The molecule has 0 radical (unpaired) electrons. The van der Waals surface area contributed by atoms with Gasteiger partial charge in [-0.15, -0.1) is 0 Å². The van der Waals surface area contributed by atoms with Crippen molar-refractivity contribution in [2.24, 2.45) is 0 Å². The quantitative estimate of drug-likeness (QED) is 0.491. The second kappa shape index (κ2) is 2.84. The van der Waals surface area contributed by atoms with Crippen LogP contribution in [-0.4, -0.2) is 32.2 Å². The van der Waals surface area contributed by atoms with Crippen molar-refractivity contribution in [3.63, 3.8) is 0 Å². The van der Waals surface area contributed by atoms with Gasteiger partial charge in [0.2, 0.25) is 0 Å². The summed E-state index contributed by atoms with van der Waals surface area (Å²) in [5.41, 5.74) is 0. The summed E-state index contributed by atoms with van der Waals surface area (Å²) in [6.07, 6.45) is 0.662. The van der Waals surface area contributed by atoms with Gasteiger partial charge in [0.25, 0.3) is 0 Å². The minimum absolute atomic E-state index is 0.0116. The molecule has 0 bridgehead atoms. The Hall–Kier alpha value is -0.160. The second-order valence-corrected chi connectivity index (χ2v) is 2.36. The van der Waals surface area contributed by atoms with Gasteiger partial charge in [-0.3, -0.25) is 0 Å². The smallest absolute Gasteiger partial charge is 0.187 e. The Balaban J connectivity index is 1.85. The highest BCUT2D eigenvalue weighted by molar-refractivity contribution is 4.66. The van der Waals surface area contributed by atoms with E-state index < -0.39 is 0 Å². The van der Waals surface area contributed by atoms with Crippen LogP contribution in [0.2, 0.25) is 0 Å². The van der Waals surface area contributed by atoms with Crippen LogP contribution in [-0.2, 0) is 19.2 Å². The molecule has 10 heavy (non-hydrogen) atoms. The maximum Gasteiger partial charge on any atom is 0.187 e. The van der Waals surface area contributed by atoms with Gasteiger partial charge in [0.05, 0.1) is 19.8 Å². The first-order valence-corrected chi connectivity index (χ1v) is 3.48. The van der Waals surface area contributed by atoms with Gasteiger partial charge >= 0.3 is 0 Å². The molecular formula is C6H10O4. The fraction of sp³-hybridized carbons (Fsp3) is 1.00. The minimum atomic E-state index is -0.192. The van der Waals surface area contributed by atoms with Crippen LogP contribution in [0.3, 0.4) is 0 Å². The average Bonchev–Trinajstić information content (AvgIpc) is 2.59. The molecule has 58 valence electrons. The van der Waals surface area contributed by atoms with Crippen molar-refractivity contribution >= 4 is 0 Å². The summed E-state index contributed by atoms with van der Waals surface area (Å²) in [5, 5.41) is 0. The number of hydrogen-bond donors (Lipinski definition) is 0. The number of rotatable bonds is 1. The normalized spacial score (nSPS) is 35.4. The van der Waals surface area contributed by atoms with Crippen LogP contribution in [0.4, 0.5) is 0 Å². The topological polar surface area (TPSA) is 36.9 Å². The number of ether oxygens (including phenoxy) is 2. The van der Waals surface area contributed by atoms with E-state index in [9.17, 15) is 0 Å². The Kier molecular flexibility index (Phi) is 1.86. The molecule has 2 aliphatic heterocycles. The molecule has 2 aliphatic rings. The predicted molar refractivity (Wildman–Crippen MR) is 31.1 cm³/mol. The summed E-state index contributed by atoms with van der Waals surface area (Å²) >= 11 is 0. The third-order valence-corrected chi connectivity index (χ3v) is 1.63. The SMILES string of the molecule is C1CC(C2OCCO2)OO1. The standard InChI is InChI=1S/C6H10O4/c1-2-9-10-5(1)6-7-3-4-8-6/h5-6H,1-4H2. The molecule has 4 nitrogen and oxygen atoms in total. The van der Waals surface area contributed by atoms with Gasteiger partial charge in [-0.1, -0.05) is 0 Å². The molecule has 0 spiro atoms. The lowest BCUT2D eigenvalue weighted by molar-refractivity contribution is -0.305. The van der Waals surface area contributed by atoms with Gasteiger partial charge in [-0.2, -0.15) is 0 Å². The fourth-order valence-corrected chi connectivity index (χ4v) is 1.12. The van der Waals surface area contributed by atoms with Crippen molar-refractivity contribution in [2.45, 2.75) is 18.8 Å². The van der Waals surface area contributed by atoms with E-state index >= 15 is 0 Å². The molecule has 0 saturated carbocycles. The van der Waals surface area contributed by atoms with Crippen LogP contribution in [0.1, 0.15) is 6.42 Å². The van der Waals surface area contributed by atoms with Gasteiger partial charge in [0.1, 0.15) is 6.10 Å². The predicted octanol–water partition coefficient (Wildman–Crippen LogP) is 0.0798. The molecule has 4 heteroatoms. The van der Waals surface area contributed by atoms with Crippen LogP contribution >= 0.6 is 0 Å². The molecule has 2 heterocycles. The Labute approximate surface area is 58.9 Å². The molecule has 0 aromatic carbocycles. The first kappa shape index (κ1) is 6.54. The lowest BCUT2D eigenvalue weighted by atomic mass is 10.3. The van der Waals surface area contributed by atoms with Crippen molar-refractivity contribution in [2.75, 3.05) is 19.8 Å². The Morgan fingerprint density at radius 3 is 2.40 bits per heavy atom. The van der Waals surface area contributed by atoms with Gasteiger partial charge in [0, 0.05) is 6.42 Å². The third kappa shape index (κ3) is 1.15. The summed E-state index contributed by atoms with van der Waals surface area (Å²) in [4.78, 5) is 9.60. The Morgan fingerprint density at radius 2 is 1.80 bits per heavy atom. The molecule has 1 unspecified atom stereocenters. The molecule has 0 N–H and O–H groups in total. The fourth-order valence-electron chi connectivity index (χ4n) is 1.12. The molecule has 2 rings (SSSR count). The molecule has 2 fully saturated rings.